The molecule has 0 N–H and O–H groups in total. The predicted octanol–water partition coefficient (Wildman–Crippen LogP) is 3.01. The van der Waals surface area contributed by atoms with E-state index in [2.05, 4.69) is 9.97 Å². The van der Waals surface area contributed by atoms with Crippen LogP contribution in [0.2, 0.25) is 0 Å². The number of amides is 1. The summed E-state index contributed by atoms with van der Waals surface area (Å²) in [6, 6.07) is 0. The molecule has 2 aromatic heterocycles. The van der Waals surface area contributed by atoms with Crippen molar-refractivity contribution < 1.29 is 4.79 Å². The van der Waals surface area contributed by atoms with Gasteiger partial charge in [-0.2, -0.15) is 0 Å². The Morgan fingerprint density at radius 2 is 2.04 bits per heavy atom. The molecule has 1 aliphatic rings. The Morgan fingerprint density at radius 3 is 2.69 bits per heavy atom. The molecule has 0 saturated carbocycles. The molecular formula is C20H29N5O. The molecule has 0 radical (unpaired) electrons. The van der Waals surface area contributed by atoms with Gasteiger partial charge in [-0.3, -0.25) is 9.78 Å². The number of imidazole rings is 1. The number of likely N-dealkylation sites (tertiary alicyclic amines) is 1. The van der Waals surface area contributed by atoms with Crippen molar-refractivity contribution in [2.75, 3.05) is 13.1 Å². The zero-order valence-corrected chi connectivity index (χ0v) is 16.5. The lowest BCUT2D eigenvalue weighted by molar-refractivity contribution is -0.141. The van der Waals surface area contributed by atoms with Crippen LogP contribution in [0.4, 0.5) is 0 Å². The molecule has 1 atom stereocenters. The maximum atomic E-state index is 12.6. The van der Waals surface area contributed by atoms with Gasteiger partial charge in [-0.05, 0) is 32.1 Å². The van der Waals surface area contributed by atoms with Crippen LogP contribution in [0.25, 0.3) is 11.4 Å². The smallest absolute Gasteiger partial charge is 0.227 e. The highest BCUT2D eigenvalue weighted by Gasteiger charge is 2.31. The average Bonchev–Trinajstić information content (AvgIpc) is 2.93. The van der Waals surface area contributed by atoms with Crippen LogP contribution in [-0.2, 0) is 18.3 Å². The van der Waals surface area contributed by atoms with Gasteiger partial charge in [0.15, 0.2) is 0 Å². The predicted molar refractivity (Wildman–Crippen MR) is 101 cm³/mol. The van der Waals surface area contributed by atoms with Gasteiger partial charge < -0.3 is 9.47 Å². The number of carbonyl (C=O) groups excluding carboxylic acids is 1. The number of rotatable bonds is 3. The zero-order chi connectivity index (χ0) is 18.9. The molecule has 26 heavy (non-hydrogen) atoms. The Morgan fingerprint density at radius 1 is 1.27 bits per heavy atom. The van der Waals surface area contributed by atoms with Crippen LogP contribution in [0, 0.1) is 18.3 Å². The zero-order valence-electron chi connectivity index (χ0n) is 16.5. The number of hydrogen-bond donors (Lipinski definition) is 0. The second-order valence-electron chi connectivity index (χ2n) is 8.36. The first-order valence-electron chi connectivity index (χ1n) is 9.34. The van der Waals surface area contributed by atoms with Gasteiger partial charge in [-0.25, -0.2) is 9.97 Å². The molecule has 1 unspecified atom stereocenters. The van der Waals surface area contributed by atoms with Crippen molar-refractivity contribution in [3.05, 3.63) is 30.1 Å². The van der Waals surface area contributed by atoms with Crippen LogP contribution < -0.4 is 0 Å². The molecule has 1 amide bonds. The van der Waals surface area contributed by atoms with E-state index < -0.39 is 0 Å². The van der Waals surface area contributed by atoms with Crippen LogP contribution in [0.5, 0.6) is 0 Å². The van der Waals surface area contributed by atoms with E-state index in [9.17, 15) is 4.79 Å². The third-order valence-corrected chi connectivity index (χ3v) is 5.11. The first kappa shape index (κ1) is 18.5. The minimum absolute atomic E-state index is 0.243. The third kappa shape index (κ3) is 3.94. The van der Waals surface area contributed by atoms with E-state index in [-0.39, 0.29) is 11.3 Å². The maximum Gasteiger partial charge on any atom is 0.227 e. The van der Waals surface area contributed by atoms with Gasteiger partial charge in [0, 0.05) is 31.7 Å². The Hall–Kier alpha value is -2.24. The molecule has 1 saturated heterocycles. The molecule has 2 aromatic rings. The van der Waals surface area contributed by atoms with Crippen molar-refractivity contribution in [3.8, 4) is 11.4 Å². The quantitative estimate of drug-likeness (QED) is 0.849. The largest absolute Gasteiger partial charge is 0.342 e. The lowest BCUT2D eigenvalue weighted by atomic mass is 9.89. The van der Waals surface area contributed by atoms with Gasteiger partial charge in [0.05, 0.1) is 23.8 Å². The summed E-state index contributed by atoms with van der Waals surface area (Å²) < 4.78 is 2.03. The summed E-state index contributed by atoms with van der Waals surface area (Å²) >= 11 is 0. The molecule has 6 heteroatoms. The molecule has 0 bridgehead atoms. The van der Waals surface area contributed by atoms with Crippen LogP contribution >= 0.6 is 0 Å². The van der Waals surface area contributed by atoms with Crippen molar-refractivity contribution in [2.45, 2.75) is 47.0 Å². The number of aromatic nitrogens is 4. The summed E-state index contributed by atoms with van der Waals surface area (Å²) in [5.74, 6) is 1.64. The molecule has 140 valence electrons. The van der Waals surface area contributed by atoms with E-state index in [1.165, 1.54) is 0 Å². The SMILES string of the molecule is Cc1ncc(-c2cncc(CC3CCCN(C(=O)C(C)(C)C)C3)n2)n1C. The summed E-state index contributed by atoms with van der Waals surface area (Å²) in [7, 11) is 1.99. The van der Waals surface area contributed by atoms with Crippen molar-refractivity contribution in [3.63, 3.8) is 0 Å². The summed E-state index contributed by atoms with van der Waals surface area (Å²) in [4.78, 5) is 28.1. The standard InChI is InChI=1S/C20H29N5O/c1-14-22-12-18(24(14)5)17-11-21-10-16(23-17)9-15-7-6-8-25(13-15)19(26)20(2,3)4/h10-12,15H,6-9,13H2,1-5H3. The first-order chi connectivity index (χ1) is 12.3. The number of aryl methyl sites for hydroxylation is 1. The van der Waals surface area contributed by atoms with Crippen molar-refractivity contribution >= 4 is 5.91 Å². The van der Waals surface area contributed by atoms with Crippen molar-refractivity contribution in [2.24, 2.45) is 18.4 Å². The molecule has 0 aromatic carbocycles. The molecular weight excluding hydrogens is 326 g/mol. The summed E-state index contributed by atoms with van der Waals surface area (Å²) in [5, 5.41) is 0. The molecule has 0 aliphatic carbocycles. The first-order valence-corrected chi connectivity index (χ1v) is 9.34. The Balaban J connectivity index is 1.72. The fourth-order valence-electron chi connectivity index (χ4n) is 3.55. The van der Waals surface area contributed by atoms with E-state index in [1.54, 1.807) is 6.20 Å². The fourth-order valence-corrected chi connectivity index (χ4v) is 3.55. The number of piperidine rings is 1. The van der Waals surface area contributed by atoms with Gasteiger partial charge in [0.25, 0.3) is 0 Å². The molecule has 6 nitrogen and oxygen atoms in total. The highest BCUT2D eigenvalue weighted by atomic mass is 16.2. The van der Waals surface area contributed by atoms with E-state index >= 15 is 0 Å². The Kier molecular flexibility index (Phi) is 5.12. The molecule has 3 heterocycles. The molecule has 3 rings (SSSR count). The van der Waals surface area contributed by atoms with Crippen LogP contribution in [-0.4, -0.2) is 43.4 Å². The molecule has 1 fully saturated rings. The van der Waals surface area contributed by atoms with Crippen molar-refractivity contribution in [1.29, 1.82) is 0 Å². The third-order valence-electron chi connectivity index (χ3n) is 5.11. The fraction of sp³-hybridized carbons (Fsp3) is 0.600. The monoisotopic (exact) mass is 355 g/mol. The minimum atomic E-state index is -0.320. The van der Waals surface area contributed by atoms with Crippen LogP contribution in [0.3, 0.4) is 0 Å². The Labute approximate surface area is 155 Å². The van der Waals surface area contributed by atoms with Crippen LogP contribution in [0.1, 0.15) is 45.1 Å². The summed E-state index contributed by atoms with van der Waals surface area (Å²) in [6.45, 7) is 9.63. The maximum absolute atomic E-state index is 12.6. The lowest BCUT2D eigenvalue weighted by Gasteiger charge is -2.36. The average molecular weight is 355 g/mol. The number of carbonyl (C=O) groups is 1. The van der Waals surface area contributed by atoms with Crippen LogP contribution in [0.15, 0.2) is 18.6 Å². The lowest BCUT2D eigenvalue weighted by Crippen LogP contribution is -2.45. The second-order valence-corrected chi connectivity index (χ2v) is 8.36. The molecule has 1 aliphatic heterocycles. The second kappa shape index (κ2) is 7.17. The van der Waals surface area contributed by atoms with E-state index in [0.717, 1.165) is 55.3 Å². The number of nitrogens with zero attached hydrogens (tertiary/aromatic N) is 5. The van der Waals surface area contributed by atoms with Gasteiger partial charge in [0.2, 0.25) is 5.91 Å². The van der Waals surface area contributed by atoms with Gasteiger partial charge in [0.1, 0.15) is 11.5 Å². The minimum Gasteiger partial charge on any atom is -0.342 e. The number of hydrogen-bond acceptors (Lipinski definition) is 4. The topological polar surface area (TPSA) is 63.9 Å². The Bertz CT molecular complexity index is 790. The van der Waals surface area contributed by atoms with E-state index in [4.69, 9.17) is 4.98 Å². The highest BCUT2D eigenvalue weighted by Crippen LogP contribution is 2.25. The van der Waals surface area contributed by atoms with E-state index in [0.29, 0.717) is 5.92 Å². The van der Waals surface area contributed by atoms with Gasteiger partial charge in [-0.1, -0.05) is 20.8 Å². The molecule has 0 spiro atoms. The van der Waals surface area contributed by atoms with E-state index in [1.807, 2.05) is 56.6 Å². The summed E-state index contributed by atoms with van der Waals surface area (Å²) in [6.07, 6.45) is 8.51. The van der Waals surface area contributed by atoms with Gasteiger partial charge in [-0.15, -0.1) is 0 Å². The van der Waals surface area contributed by atoms with Gasteiger partial charge >= 0.3 is 0 Å². The normalized spacial score (nSPS) is 18.2. The van der Waals surface area contributed by atoms with Crippen molar-refractivity contribution in [1.82, 2.24) is 24.4 Å². The summed E-state index contributed by atoms with van der Waals surface area (Å²) in [5.41, 5.74) is 2.49. The highest BCUT2D eigenvalue weighted by molar-refractivity contribution is 5.81.